The highest BCUT2D eigenvalue weighted by molar-refractivity contribution is 9.11. The Labute approximate surface area is 128 Å². The lowest BCUT2D eigenvalue weighted by Gasteiger charge is -2.16. The summed E-state index contributed by atoms with van der Waals surface area (Å²) in [5.41, 5.74) is 1.10. The van der Waals surface area contributed by atoms with Crippen LogP contribution in [0.1, 0.15) is 37.8 Å². The molecule has 1 unspecified atom stereocenters. The molecule has 1 aromatic rings. The van der Waals surface area contributed by atoms with E-state index in [1.165, 1.54) is 0 Å². The molecule has 1 nitrogen and oxygen atoms in total. The molecular weight excluding hydrogens is 387 g/mol. The van der Waals surface area contributed by atoms with Crippen LogP contribution in [-0.4, -0.2) is 12.7 Å². The van der Waals surface area contributed by atoms with Crippen LogP contribution in [-0.2, 0) is 0 Å². The molecule has 0 aromatic heterocycles. The third-order valence-corrected chi connectivity index (χ3v) is 3.95. The third-order valence-electron chi connectivity index (χ3n) is 2.77. The fraction of sp³-hybridized carbons (Fsp3) is 0.538. The standard InChI is InChI=1S/C13H16Br2F3N/c1-9(11-5-4-10(14)8-12(11)15)19-7-3-2-6-13(16,17)18/h4-5,8-9,19H,2-3,6-7H2,1H3. The summed E-state index contributed by atoms with van der Waals surface area (Å²) in [6, 6.07) is 5.99. The molecule has 0 fully saturated rings. The van der Waals surface area contributed by atoms with Crippen molar-refractivity contribution in [2.45, 2.75) is 38.4 Å². The SMILES string of the molecule is CC(NCCCCC(F)(F)F)c1ccc(Br)cc1Br. The summed E-state index contributed by atoms with van der Waals surface area (Å²) in [5, 5.41) is 3.23. The summed E-state index contributed by atoms with van der Waals surface area (Å²) in [7, 11) is 0. The molecule has 1 aromatic carbocycles. The van der Waals surface area contributed by atoms with E-state index in [2.05, 4.69) is 37.2 Å². The van der Waals surface area contributed by atoms with E-state index in [9.17, 15) is 13.2 Å². The number of nitrogens with one attached hydrogen (secondary N) is 1. The molecule has 0 aliphatic rings. The number of halogens is 5. The Morgan fingerprint density at radius 3 is 2.47 bits per heavy atom. The maximum absolute atomic E-state index is 12.0. The first kappa shape index (κ1) is 17.0. The molecular formula is C13H16Br2F3N. The van der Waals surface area contributed by atoms with E-state index in [1.807, 2.05) is 25.1 Å². The van der Waals surface area contributed by atoms with Gasteiger partial charge in [-0.1, -0.05) is 37.9 Å². The highest BCUT2D eigenvalue weighted by atomic mass is 79.9. The molecule has 0 aliphatic heterocycles. The summed E-state index contributed by atoms with van der Waals surface area (Å²) in [6.45, 7) is 2.58. The largest absolute Gasteiger partial charge is 0.389 e. The van der Waals surface area contributed by atoms with Gasteiger partial charge in [0.15, 0.2) is 0 Å². The van der Waals surface area contributed by atoms with Crippen molar-refractivity contribution in [1.29, 1.82) is 0 Å². The number of benzene rings is 1. The number of unbranched alkanes of at least 4 members (excludes halogenated alkanes) is 1. The molecule has 0 amide bonds. The van der Waals surface area contributed by atoms with Gasteiger partial charge in [0.25, 0.3) is 0 Å². The molecule has 1 atom stereocenters. The molecule has 0 aliphatic carbocycles. The second-order valence-corrected chi connectivity index (χ2v) is 6.18. The van der Waals surface area contributed by atoms with Gasteiger partial charge in [-0.15, -0.1) is 0 Å². The zero-order valence-corrected chi connectivity index (χ0v) is 13.7. The molecule has 0 saturated heterocycles. The average Bonchev–Trinajstić information content (AvgIpc) is 2.26. The van der Waals surface area contributed by atoms with Crippen molar-refractivity contribution in [3.63, 3.8) is 0 Å². The van der Waals surface area contributed by atoms with Crippen LogP contribution in [0.3, 0.4) is 0 Å². The Morgan fingerprint density at radius 1 is 1.21 bits per heavy atom. The van der Waals surface area contributed by atoms with E-state index >= 15 is 0 Å². The van der Waals surface area contributed by atoms with Gasteiger partial charge in [-0.25, -0.2) is 0 Å². The number of rotatable bonds is 6. The summed E-state index contributed by atoms with van der Waals surface area (Å²) < 4.78 is 37.9. The zero-order valence-electron chi connectivity index (χ0n) is 10.5. The topological polar surface area (TPSA) is 12.0 Å². The number of alkyl halides is 3. The third kappa shape index (κ3) is 6.77. The summed E-state index contributed by atoms with van der Waals surface area (Å²) >= 11 is 6.86. The predicted octanol–water partition coefficient (Wildman–Crippen LogP) is 5.59. The van der Waals surface area contributed by atoms with Crippen LogP contribution in [0.4, 0.5) is 13.2 Å². The van der Waals surface area contributed by atoms with Crippen molar-refractivity contribution in [1.82, 2.24) is 5.32 Å². The first-order valence-electron chi connectivity index (χ1n) is 6.04. The smallest absolute Gasteiger partial charge is 0.310 e. The average molecular weight is 403 g/mol. The Balaban J connectivity index is 2.33. The van der Waals surface area contributed by atoms with E-state index in [0.29, 0.717) is 13.0 Å². The number of hydrogen-bond acceptors (Lipinski definition) is 1. The van der Waals surface area contributed by atoms with Crippen LogP contribution < -0.4 is 5.32 Å². The van der Waals surface area contributed by atoms with Crippen LogP contribution >= 0.6 is 31.9 Å². The van der Waals surface area contributed by atoms with Crippen molar-refractivity contribution in [2.24, 2.45) is 0 Å². The minimum atomic E-state index is -4.04. The fourth-order valence-corrected chi connectivity index (χ4v) is 3.12. The van der Waals surface area contributed by atoms with Crippen molar-refractivity contribution in [3.8, 4) is 0 Å². The van der Waals surface area contributed by atoms with Crippen LogP contribution in [0.25, 0.3) is 0 Å². The molecule has 0 heterocycles. The molecule has 108 valence electrons. The maximum atomic E-state index is 12.0. The zero-order chi connectivity index (χ0) is 14.5. The second kappa shape index (κ2) is 7.64. The minimum absolute atomic E-state index is 0.105. The number of hydrogen-bond donors (Lipinski definition) is 1. The van der Waals surface area contributed by atoms with Crippen molar-refractivity contribution in [2.75, 3.05) is 6.54 Å². The first-order valence-corrected chi connectivity index (χ1v) is 7.63. The Morgan fingerprint density at radius 2 is 1.89 bits per heavy atom. The van der Waals surface area contributed by atoms with Crippen molar-refractivity contribution >= 4 is 31.9 Å². The molecule has 19 heavy (non-hydrogen) atoms. The van der Waals surface area contributed by atoms with Gasteiger partial charge >= 0.3 is 6.18 Å². The maximum Gasteiger partial charge on any atom is 0.389 e. The second-order valence-electron chi connectivity index (χ2n) is 4.41. The van der Waals surface area contributed by atoms with Gasteiger partial charge in [-0.05, 0) is 44.0 Å². The normalized spacial score (nSPS) is 13.6. The summed E-state index contributed by atoms with van der Waals surface area (Å²) in [5.74, 6) is 0. The molecule has 0 bridgehead atoms. The van der Waals surface area contributed by atoms with E-state index in [4.69, 9.17) is 0 Å². The van der Waals surface area contributed by atoms with E-state index in [0.717, 1.165) is 14.5 Å². The van der Waals surface area contributed by atoms with Gasteiger partial charge in [0, 0.05) is 21.4 Å². The van der Waals surface area contributed by atoms with E-state index < -0.39 is 12.6 Å². The lowest BCUT2D eigenvalue weighted by molar-refractivity contribution is -0.135. The van der Waals surface area contributed by atoms with Gasteiger partial charge in [0.1, 0.15) is 0 Å². The van der Waals surface area contributed by atoms with Crippen LogP contribution in [0, 0.1) is 0 Å². The molecule has 0 radical (unpaired) electrons. The molecule has 0 saturated carbocycles. The molecule has 0 spiro atoms. The van der Waals surface area contributed by atoms with Crippen LogP contribution in [0.15, 0.2) is 27.1 Å². The monoisotopic (exact) mass is 401 g/mol. The predicted molar refractivity (Wildman–Crippen MR) is 78.2 cm³/mol. The van der Waals surface area contributed by atoms with Gasteiger partial charge in [-0.3, -0.25) is 0 Å². The summed E-state index contributed by atoms with van der Waals surface area (Å²) in [4.78, 5) is 0. The summed E-state index contributed by atoms with van der Waals surface area (Å²) in [6.07, 6.45) is -4.05. The lowest BCUT2D eigenvalue weighted by Crippen LogP contribution is -2.20. The van der Waals surface area contributed by atoms with Crippen molar-refractivity contribution < 1.29 is 13.2 Å². The Hall–Kier alpha value is -0.0700. The van der Waals surface area contributed by atoms with E-state index in [-0.39, 0.29) is 12.5 Å². The van der Waals surface area contributed by atoms with Crippen LogP contribution in [0.2, 0.25) is 0 Å². The lowest BCUT2D eigenvalue weighted by atomic mass is 10.1. The first-order chi connectivity index (χ1) is 8.79. The molecule has 1 rings (SSSR count). The Bertz CT molecular complexity index is 407. The van der Waals surface area contributed by atoms with Crippen molar-refractivity contribution in [3.05, 3.63) is 32.7 Å². The highest BCUT2D eigenvalue weighted by Gasteiger charge is 2.25. The quantitative estimate of drug-likeness (QED) is 0.611. The van der Waals surface area contributed by atoms with Gasteiger partial charge < -0.3 is 5.32 Å². The van der Waals surface area contributed by atoms with Crippen LogP contribution in [0.5, 0.6) is 0 Å². The van der Waals surface area contributed by atoms with Gasteiger partial charge in [0.05, 0.1) is 0 Å². The Kier molecular flexibility index (Phi) is 6.83. The highest BCUT2D eigenvalue weighted by Crippen LogP contribution is 2.27. The van der Waals surface area contributed by atoms with E-state index in [1.54, 1.807) is 0 Å². The van der Waals surface area contributed by atoms with Gasteiger partial charge in [0.2, 0.25) is 0 Å². The fourth-order valence-electron chi connectivity index (χ4n) is 1.73. The van der Waals surface area contributed by atoms with Gasteiger partial charge in [-0.2, -0.15) is 13.2 Å². The molecule has 1 N–H and O–H groups in total. The minimum Gasteiger partial charge on any atom is -0.310 e. The molecule has 6 heteroatoms.